The molecule has 1 aromatic carbocycles. The Kier molecular flexibility index (Phi) is 3.96. The number of hydrogen-bond donors (Lipinski definition) is 2. The van der Waals surface area contributed by atoms with Crippen molar-refractivity contribution in [1.82, 2.24) is 0 Å². The minimum Gasteiger partial charge on any atom is -0.453 e. The van der Waals surface area contributed by atoms with Gasteiger partial charge in [0, 0.05) is 6.42 Å². The molecule has 5 heteroatoms. The van der Waals surface area contributed by atoms with Crippen molar-refractivity contribution in [2.45, 2.75) is 37.9 Å². The van der Waals surface area contributed by atoms with Crippen LogP contribution in [-0.4, -0.2) is 40.8 Å². The molecule has 2 rings (SSSR count). The van der Waals surface area contributed by atoms with Crippen molar-refractivity contribution in [3.8, 4) is 0 Å². The summed E-state index contributed by atoms with van der Waals surface area (Å²) in [6.45, 7) is 1.65. The second-order valence-corrected chi connectivity index (χ2v) is 4.33. The van der Waals surface area contributed by atoms with Crippen LogP contribution < -0.4 is 0 Å². The molecule has 0 amide bonds. The second-order valence-electron chi connectivity index (χ2n) is 4.33. The zero-order valence-electron chi connectivity index (χ0n) is 10.0. The molecule has 4 atom stereocenters. The molecule has 1 aliphatic heterocycles. The van der Waals surface area contributed by atoms with Gasteiger partial charge in [-0.3, -0.25) is 0 Å². The average Bonchev–Trinajstić information content (AvgIpc) is 2.34. The highest BCUT2D eigenvalue weighted by Crippen LogP contribution is 2.22. The van der Waals surface area contributed by atoms with Gasteiger partial charge in [0.1, 0.15) is 0 Å². The van der Waals surface area contributed by atoms with Crippen molar-refractivity contribution in [3.05, 3.63) is 35.9 Å². The molecule has 0 radical (unpaired) electrons. The number of carbonyl (C=O) groups excluding carboxylic acids is 1. The minimum absolute atomic E-state index is 0.0388. The maximum Gasteiger partial charge on any atom is 0.338 e. The molecule has 1 aliphatic rings. The summed E-state index contributed by atoms with van der Waals surface area (Å²) in [6.07, 6.45) is -3.20. The Hall–Kier alpha value is -1.43. The van der Waals surface area contributed by atoms with Crippen LogP contribution in [0, 0.1) is 0 Å². The number of benzene rings is 1. The number of aliphatic hydroxyl groups is 2. The molecular formula is C13H16O5. The lowest BCUT2D eigenvalue weighted by Crippen LogP contribution is -2.49. The fourth-order valence-electron chi connectivity index (χ4n) is 1.97. The van der Waals surface area contributed by atoms with E-state index in [1.807, 2.05) is 0 Å². The van der Waals surface area contributed by atoms with E-state index in [2.05, 4.69) is 0 Å². The van der Waals surface area contributed by atoms with Crippen molar-refractivity contribution in [1.29, 1.82) is 0 Å². The van der Waals surface area contributed by atoms with Crippen LogP contribution in [-0.2, 0) is 9.47 Å². The summed E-state index contributed by atoms with van der Waals surface area (Å²) < 4.78 is 10.3. The largest absolute Gasteiger partial charge is 0.453 e. The Morgan fingerprint density at radius 2 is 2.00 bits per heavy atom. The summed E-state index contributed by atoms with van der Waals surface area (Å²) in [5.41, 5.74) is 0.419. The van der Waals surface area contributed by atoms with Gasteiger partial charge >= 0.3 is 5.97 Å². The third kappa shape index (κ3) is 2.87. The van der Waals surface area contributed by atoms with E-state index in [0.717, 1.165) is 0 Å². The molecular weight excluding hydrogens is 236 g/mol. The highest BCUT2D eigenvalue weighted by Gasteiger charge is 2.37. The van der Waals surface area contributed by atoms with Crippen molar-refractivity contribution < 1.29 is 24.5 Å². The summed E-state index contributed by atoms with van der Waals surface area (Å²) >= 11 is 0. The van der Waals surface area contributed by atoms with Gasteiger partial charge in [-0.05, 0) is 19.1 Å². The number of carbonyl (C=O) groups is 1. The van der Waals surface area contributed by atoms with Crippen LogP contribution in [0.25, 0.3) is 0 Å². The van der Waals surface area contributed by atoms with E-state index in [9.17, 15) is 15.0 Å². The summed E-state index contributed by atoms with van der Waals surface area (Å²) in [6, 6.07) is 8.54. The predicted molar refractivity (Wildman–Crippen MR) is 62.8 cm³/mol. The predicted octanol–water partition coefficient (Wildman–Crippen LogP) is 0.700. The molecule has 0 aliphatic carbocycles. The van der Waals surface area contributed by atoms with Gasteiger partial charge in [0.25, 0.3) is 0 Å². The topological polar surface area (TPSA) is 76.0 Å². The molecule has 1 heterocycles. The number of ether oxygens (including phenoxy) is 2. The molecule has 1 saturated heterocycles. The van der Waals surface area contributed by atoms with E-state index < -0.39 is 30.6 Å². The number of esters is 1. The third-order valence-electron chi connectivity index (χ3n) is 2.91. The molecule has 0 bridgehead atoms. The van der Waals surface area contributed by atoms with Crippen LogP contribution in [0.5, 0.6) is 0 Å². The van der Waals surface area contributed by atoms with Crippen LogP contribution in [0.2, 0.25) is 0 Å². The number of rotatable bonds is 2. The van der Waals surface area contributed by atoms with Gasteiger partial charge in [0.05, 0.1) is 17.8 Å². The number of hydrogen-bond acceptors (Lipinski definition) is 5. The van der Waals surface area contributed by atoms with Crippen LogP contribution in [0.4, 0.5) is 0 Å². The van der Waals surface area contributed by atoms with Gasteiger partial charge < -0.3 is 19.7 Å². The second kappa shape index (κ2) is 5.48. The van der Waals surface area contributed by atoms with Gasteiger partial charge in [-0.25, -0.2) is 4.79 Å². The Morgan fingerprint density at radius 3 is 2.61 bits per heavy atom. The van der Waals surface area contributed by atoms with Gasteiger partial charge in [-0.15, -0.1) is 0 Å². The quantitative estimate of drug-likeness (QED) is 0.758. The molecule has 18 heavy (non-hydrogen) atoms. The standard InChI is InChI=1S/C13H16O5/c1-8-12(10(14)7-11(15)17-8)18-13(16)9-5-3-2-4-6-9/h2-6,8,10-12,14-15H,7H2,1H3/t8-,10+,11+,12+/m1/s1. The lowest BCUT2D eigenvalue weighted by atomic mass is 10.0. The van der Waals surface area contributed by atoms with Gasteiger partial charge in [-0.2, -0.15) is 0 Å². The highest BCUT2D eigenvalue weighted by atomic mass is 16.6. The molecule has 0 saturated carbocycles. The van der Waals surface area contributed by atoms with E-state index in [1.165, 1.54) is 0 Å². The molecule has 1 fully saturated rings. The van der Waals surface area contributed by atoms with E-state index in [0.29, 0.717) is 5.56 Å². The third-order valence-corrected chi connectivity index (χ3v) is 2.91. The summed E-state index contributed by atoms with van der Waals surface area (Å²) in [5, 5.41) is 19.1. The van der Waals surface area contributed by atoms with Crippen molar-refractivity contribution in [3.63, 3.8) is 0 Å². The monoisotopic (exact) mass is 252 g/mol. The number of aliphatic hydroxyl groups excluding tert-OH is 2. The van der Waals surface area contributed by atoms with E-state index in [-0.39, 0.29) is 6.42 Å². The average molecular weight is 252 g/mol. The lowest BCUT2D eigenvalue weighted by Gasteiger charge is -2.35. The van der Waals surface area contributed by atoms with Crippen molar-refractivity contribution in [2.24, 2.45) is 0 Å². The molecule has 0 unspecified atom stereocenters. The maximum atomic E-state index is 11.8. The summed E-state index contributed by atoms with van der Waals surface area (Å²) in [7, 11) is 0. The van der Waals surface area contributed by atoms with Crippen LogP contribution >= 0.6 is 0 Å². The SMILES string of the molecule is C[C@H]1O[C@H](O)C[C@H](O)[C@H]1OC(=O)c1ccccc1. The van der Waals surface area contributed by atoms with Gasteiger partial charge in [0.15, 0.2) is 12.4 Å². The summed E-state index contributed by atoms with van der Waals surface area (Å²) in [5.74, 6) is -0.508. The maximum absolute atomic E-state index is 11.8. The normalized spacial score (nSPS) is 31.9. The first-order valence-corrected chi connectivity index (χ1v) is 5.85. The van der Waals surface area contributed by atoms with E-state index in [1.54, 1.807) is 37.3 Å². The zero-order chi connectivity index (χ0) is 13.1. The first-order chi connectivity index (χ1) is 8.58. The molecule has 2 N–H and O–H groups in total. The minimum atomic E-state index is -1.01. The van der Waals surface area contributed by atoms with Crippen LogP contribution in [0.3, 0.4) is 0 Å². The molecule has 98 valence electrons. The van der Waals surface area contributed by atoms with Crippen molar-refractivity contribution >= 4 is 5.97 Å². The van der Waals surface area contributed by atoms with Gasteiger partial charge in [-0.1, -0.05) is 18.2 Å². The fourth-order valence-corrected chi connectivity index (χ4v) is 1.97. The Labute approximate surface area is 105 Å². The smallest absolute Gasteiger partial charge is 0.338 e. The zero-order valence-corrected chi connectivity index (χ0v) is 10.0. The first kappa shape index (κ1) is 13.0. The van der Waals surface area contributed by atoms with E-state index in [4.69, 9.17) is 9.47 Å². The Balaban J connectivity index is 2.03. The molecule has 0 aromatic heterocycles. The van der Waals surface area contributed by atoms with E-state index >= 15 is 0 Å². The summed E-state index contributed by atoms with van der Waals surface area (Å²) in [4.78, 5) is 11.8. The Morgan fingerprint density at radius 1 is 1.33 bits per heavy atom. The highest BCUT2D eigenvalue weighted by molar-refractivity contribution is 5.89. The van der Waals surface area contributed by atoms with Crippen LogP contribution in [0.1, 0.15) is 23.7 Å². The Bertz CT molecular complexity index is 393. The molecule has 5 nitrogen and oxygen atoms in total. The van der Waals surface area contributed by atoms with Gasteiger partial charge in [0.2, 0.25) is 0 Å². The lowest BCUT2D eigenvalue weighted by molar-refractivity contribution is -0.226. The van der Waals surface area contributed by atoms with Crippen LogP contribution in [0.15, 0.2) is 30.3 Å². The fraction of sp³-hybridized carbons (Fsp3) is 0.462. The van der Waals surface area contributed by atoms with Crippen molar-refractivity contribution in [2.75, 3.05) is 0 Å². The first-order valence-electron chi connectivity index (χ1n) is 5.85. The molecule has 1 aromatic rings. The molecule has 0 spiro atoms.